The van der Waals surface area contributed by atoms with Gasteiger partial charge in [0.2, 0.25) is 0 Å². The van der Waals surface area contributed by atoms with Gasteiger partial charge in [-0.2, -0.15) is 11.8 Å². The number of hydrogen-bond acceptors (Lipinski definition) is 9. The molecule has 5 N–H and O–H groups in total. The van der Waals surface area contributed by atoms with Crippen molar-refractivity contribution in [3.05, 3.63) is 47.7 Å². The molecule has 2 atom stereocenters. The fourth-order valence-electron chi connectivity index (χ4n) is 3.49. The van der Waals surface area contributed by atoms with Crippen LogP contribution in [0.25, 0.3) is 0 Å². The lowest BCUT2D eigenvalue weighted by Crippen LogP contribution is -2.55. The van der Waals surface area contributed by atoms with Crippen molar-refractivity contribution >= 4 is 23.9 Å². The van der Waals surface area contributed by atoms with E-state index in [0.717, 1.165) is 11.1 Å². The number of nitrogens with two attached hydrogens (primary N) is 1. The molecule has 2 aliphatic heterocycles. The summed E-state index contributed by atoms with van der Waals surface area (Å²) in [6.45, 7) is 1.04. The molecule has 8 nitrogen and oxygen atoms in total. The second-order valence-corrected chi connectivity index (χ2v) is 8.14. The zero-order valence-electron chi connectivity index (χ0n) is 16.6. The van der Waals surface area contributed by atoms with E-state index in [9.17, 15) is 10.2 Å². The van der Waals surface area contributed by atoms with Crippen molar-refractivity contribution in [2.45, 2.75) is 24.2 Å². The van der Waals surface area contributed by atoms with E-state index in [1.54, 1.807) is 11.8 Å². The Balaban J connectivity index is 1.66. The van der Waals surface area contributed by atoms with Crippen LogP contribution in [0.4, 0.5) is 0 Å². The molecule has 0 aliphatic carbocycles. The predicted octanol–water partition coefficient (Wildman–Crippen LogP) is 0.173. The van der Waals surface area contributed by atoms with Gasteiger partial charge in [-0.15, -0.1) is 0 Å². The number of aliphatic imine (C=N–C) groups is 2. The number of fused-ring (bicyclic) bond motifs is 1. The van der Waals surface area contributed by atoms with Gasteiger partial charge in [-0.3, -0.25) is 4.99 Å². The topological polar surface area (TPSA) is 116 Å². The highest BCUT2D eigenvalue weighted by molar-refractivity contribution is 7.98. The largest absolute Gasteiger partial charge is 0.394 e. The fraction of sp³-hybridized carbons (Fsp3) is 0.500. The maximum atomic E-state index is 9.78. The highest BCUT2D eigenvalue weighted by Gasteiger charge is 2.40. The number of benzene rings is 1. The molecule has 1 aromatic rings. The van der Waals surface area contributed by atoms with Gasteiger partial charge in [0.25, 0.3) is 0 Å². The lowest BCUT2D eigenvalue weighted by atomic mass is 10.00. The molecule has 0 spiro atoms. The van der Waals surface area contributed by atoms with Crippen molar-refractivity contribution in [3.8, 4) is 0 Å². The van der Waals surface area contributed by atoms with Crippen LogP contribution in [0.5, 0.6) is 0 Å². The molecule has 0 aromatic heterocycles. The third-order valence-electron chi connectivity index (χ3n) is 5.15. The number of nitrogens with one attached hydrogen (secondary N) is 1. The van der Waals surface area contributed by atoms with E-state index in [-0.39, 0.29) is 25.3 Å². The van der Waals surface area contributed by atoms with Crippen molar-refractivity contribution < 1.29 is 14.9 Å². The summed E-state index contributed by atoms with van der Waals surface area (Å²) >= 11 is 1.57. The minimum Gasteiger partial charge on any atom is -0.394 e. The van der Waals surface area contributed by atoms with Crippen molar-refractivity contribution in [1.29, 1.82) is 0 Å². The monoisotopic (exact) mass is 419 g/mol. The Kier molecular flexibility index (Phi) is 7.68. The van der Waals surface area contributed by atoms with Crippen LogP contribution >= 0.6 is 11.8 Å². The number of amidine groups is 1. The quantitative estimate of drug-likeness (QED) is 0.404. The van der Waals surface area contributed by atoms with Crippen molar-refractivity contribution in [1.82, 2.24) is 10.2 Å². The van der Waals surface area contributed by atoms with Gasteiger partial charge in [0.15, 0.2) is 0 Å². The number of hydrogen-bond donors (Lipinski definition) is 4. The van der Waals surface area contributed by atoms with Crippen molar-refractivity contribution in [2.75, 3.05) is 38.5 Å². The molecule has 2 heterocycles. The predicted molar refractivity (Wildman–Crippen MR) is 117 cm³/mol. The van der Waals surface area contributed by atoms with E-state index in [1.165, 1.54) is 6.34 Å². The molecule has 29 heavy (non-hydrogen) atoms. The number of rotatable bonds is 11. The maximum Gasteiger partial charge on any atom is 0.126 e. The Morgan fingerprint density at radius 3 is 2.72 bits per heavy atom. The Labute approximate surface area is 175 Å². The summed E-state index contributed by atoms with van der Waals surface area (Å²) in [6.07, 6.45) is 5.43. The number of thioether (sulfide) groups is 1. The molecular formula is C20H29N5O3S. The number of aliphatic hydroxyl groups is 2. The number of aliphatic hydroxyl groups excluding tert-OH is 2. The highest BCUT2D eigenvalue weighted by atomic mass is 32.2. The van der Waals surface area contributed by atoms with E-state index in [2.05, 4.69) is 15.3 Å². The second-order valence-electron chi connectivity index (χ2n) is 7.27. The first-order valence-electron chi connectivity index (χ1n) is 9.51. The van der Waals surface area contributed by atoms with Crippen molar-refractivity contribution in [2.24, 2.45) is 15.7 Å². The first-order chi connectivity index (χ1) is 14.1. The SMILES string of the molecule is CSCC(CO)(CO)NCC1=CN(COCc2ccccc2)C2C(N)=NC=NC12. The summed E-state index contributed by atoms with van der Waals surface area (Å²) in [6, 6.07) is 9.64. The van der Waals surface area contributed by atoms with Gasteiger partial charge < -0.3 is 30.9 Å². The summed E-state index contributed by atoms with van der Waals surface area (Å²) in [5, 5.41) is 22.9. The van der Waals surface area contributed by atoms with Crippen LogP contribution in [-0.2, 0) is 11.3 Å². The van der Waals surface area contributed by atoms with E-state index < -0.39 is 5.54 Å². The van der Waals surface area contributed by atoms with Crippen LogP contribution in [0.1, 0.15) is 5.56 Å². The van der Waals surface area contributed by atoms with Crippen LogP contribution in [0, 0.1) is 0 Å². The standard InChI is InChI=1S/C20H29N5O3S/c1-29-12-20(10-26,11-27)24-7-16-8-25(18-17(16)22-13-23-19(18)21)14-28-9-15-5-3-2-4-6-15/h2-6,8,13,17-18,24,26-27H,7,9-12,14H2,1H3,(H2,21,22,23). The zero-order valence-corrected chi connectivity index (χ0v) is 17.4. The second kappa shape index (κ2) is 10.2. The van der Waals surface area contributed by atoms with E-state index in [4.69, 9.17) is 10.5 Å². The first-order valence-corrected chi connectivity index (χ1v) is 10.9. The van der Waals surface area contributed by atoms with Gasteiger partial charge in [0.1, 0.15) is 31.0 Å². The molecule has 0 bridgehead atoms. The minimum atomic E-state index is -0.745. The van der Waals surface area contributed by atoms with E-state index in [0.29, 0.717) is 31.5 Å². The molecule has 0 fully saturated rings. The lowest BCUT2D eigenvalue weighted by molar-refractivity contribution is 0.0377. The number of nitrogens with zero attached hydrogens (tertiary/aromatic N) is 3. The van der Waals surface area contributed by atoms with Gasteiger partial charge in [-0.25, -0.2) is 4.99 Å². The molecule has 2 aliphatic rings. The van der Waals surface area contributed by atoms with Crippen LogP contribution in [0.15, 0.2) is 52.1 Å². The maximum absolute atomic E-state index is 9.78. The van der Waals surface area contributed by atoms with Crippen molar-refractivity contribution in [3.63, 3.8) is 0 Å². The normalized spacial score (nSPS) is 21.1. The van der Waals surface area contributed by atoms with Crippen LogP contribution < -0.4 is 11.1 Å². The summed E-state index contributed by atoms with van der Waals surface area (Å²) in [4.78, 5) is 10.7. The first kappa shape index (κ1) is 21.8. The third-order valence-corrected chi connectivity index (χ3v) is 5.99. The molecule has 0 radical (unpaired) electrons. The molecule has 0 saturated heterocycles. The molecule has 3 rings (SSSR count). The molecule has 0 amide bonds. The lowest BCUT2D eigenvalue weighted by Gasteiger charge is -2.32. The smallest absolute Gasteiger partial charge is 0.126 e. The molecular weight excluding hydrogens is 390 g/mol. The highest BCUT2D eigenvalue weighted by Crippen LogP contribution is 2.27. The van der Waals surface area contributed by atoms with Gasteiger partial charge in [-0.1, -0.05) is 30.3 Å². The van der Waals surface area contributed by atoms with Crippen LogP contribution in [0.2, 0.25) is 0 Å². The zero-order chi connectivity index (χ0) is 20.7. The Bertz CT molecular complexity index is 752. The van der Waals surface area contributed by atoms with E-state index in [1.807, 2.05) is 47.7 Å². The van der Waals surface area contributed by atoms with Gasteiger partial charge in [0.05, 0.1) is 25.4 Å². The van der Waals surface area contributed by atoms with E-state index >= 15 is 0 Å². The molecule has 1 aromatic carbocycles. The summed E-state index contributed by atoms with van der Waals surface area (Å²) in [7, 11) is 0. The minimum absolute atomic E-state index is 0.150. The van der Waals surface area contributed by atoms with Gasteiger partial charge in [-0.05, 0) is 17.4 Å². The molecule has 9 heteroatoms. The summed E-state index contributed by atoms with van der Waals surface area (Å²) < 4.78 is 5.89. The molecule has 0 saturated carbocycles. The summed E-state index contributed by atoms with van der Waals surface area (Å²) in [5.74, 6) is 1.09. The molecule has 2 unspecified atom stereocenters. The number of ether oxygens (including phenoxy) is 1. The average Bonchev–Trinajstić information content (AvgIpc) is 3.11. The average molecular weight is 420 g/mol. The van der Waals surface area contributed by atoms with Crippen LogP contribution in [0.3, 0.4) is 0 Å². The third kappa shape index (κ3) is 5.18. The fourth-order valence-corrected chi connectivity index (χ4v) is 4.33. The molecule has 158 valence electrons. The Hall–Kier alpha value is -1.91. The Morgan fingerprint density at radius 1 is 1.28 bits per heavy atom. The Morgan fingerprint density at radius 2 is 2.03 bits per heavy atom. The van der Waals surface area contributed by atoms with Crippen LogP contribution in [-0.4, -0.2) is 83.4 Å². The van der Waals surface area contributed by atoms with Gasteiger partial charge in [0, 0.05) is 18.5 Å². The summed E-state index contributed by atoms with van der Waals surface area (Å²) in [5.41, 5.74) is 7.53. The van der Waals surface area contributed by atoms with Gasteiger partial charge >= 0.3 is 0 Å².